The van der Waals surface area contributed by atoms with Gasteiger partial charge in [0.05, 0.1) is 0 Å². The molecule has 0 aromatic rings. The molecule has 5 nitrogen and oxygen atoms in total. The maximum atomic E-state index is 11.6. The van der Waals surface area contributed by atoms with Crippen LogP contribution in [0.5, 0.6) is 0 Å². The third kappa shape index (κ3) is 1.98. The molecule has 1 heterocycles. The number of carboxylic acids is 1. The molecule has 0 saturated carbocycles. The van der Waals surface area contributed by atoms with E-state index in [1.165, 1.54) is 6.92 Å². The summed E-state index contributed by atoms with van der Waals surface area (Å²) in [5, 5.41) is 11.5. The van der Waals surface area contributed by atoms with Gasteiger partial charge in [-0.05, 0) is 27.2 Å². The van der Waals surface area contributed by atoms with Gasteiger partial charge in [0.15, 0.2) is 0 Å². The number of carboxylic acid groups (broad SMARTS) is 1. The number of aliphatic imine (C=N–C) groups is 1. The van der Waals surface area contributed by atoms with Crippen LogP contribution in [0.2, 0.25) is 0 Å². The Bertz CT molecular complexity index is 409. The summed E-state index contributed by atoms with van der Waals surface area (Å²) in [6.07, 6.45) is 0.585. The topological polar surface area (TPSA) is 78.8 Å². The average molecular weight is 224 g/mol. The van der Waals surface area contributed by atoms with Crippen molar-refractivity contribution in [3.8, 4) is 0 Å². The molecule has 0 saturated heterocycles. The van der Waals surface area contributed by atoms with E-state index in [-0.39, 0.29) is 11.5 Å². The number of amides is 1. The van der Waals surface area contributed by atoms with Crippen molar-refractivity contribution in [1.29, 1.82) is 0 Å². The second-order valence-corrected chi connectivity index (χ2v) is 4.10. The molecule has 0 spiro atoms. The van der Waals surface area contributed by atoms with E-state index in [9.17, 15) is 9.59 Å². The van der Waals surface area contributed by atoms with Gasteiger partial charge in [-0.2, -0.15) is 0 Å². The average Bonchev–Trinajstić information content (AvgIpc) is 2.54. The minimum Gasteiger partial charge on any atom is -0.478 e. The molecule has 1 atom stereocenters. The van der Waals surface area contributed by atoms with Gasteiger partial charge in [-0.15, -0.1) is 0 Å². The Kier molecular flexibility index (Phi) is 3.16. The molecule has 0 radical (unpaired) electrons. The molecule has 0 fully saturated rings. The second kappa shape index (κ2) is 4.08. The zero-order valence-corrected chi connectivity index (χ0v) is 9.92. The lowest BCUT2D eigenvalue weighted by Gasteiger charge is -2.13. The second-order valence-electron chi connectivity index (χ2n) is 4.10. The maximum absolute atomic E-state index is 11.6. The van der Waals surface area contributed by atoms with E-state index >= 15 is 0 Å². The molecule has 1 rings (SSSR count). The van der Waals surface area contributed by atoms with Gasteiger partial charge in [-0.25, -0.2) is 4.79 Å². The maximum Gasteiger partial charge on any atom is 0.331 e. The summed E-state index contributed by atoms with van der Waals surface area (Å²) in [7, 11) is 0. The highest BCUT2D eigenvalue weighted by Crippen LogP contribution is 2.22. The summed E-state index contributed by atoms with van der Waals surface area (Å²) in [6, 6.07) is 0. The summed E-state index contributed by atoms with van der Waals surface area (Å²) < 4.78 is 0. The highest BCUT2D eigenvalue weighted by atomic mass is 16.4. The first-order valence-electron chi connectivity index (χ1n) is 5.14. The highest BCUT2D eigenvalue weighted by molar-refractivity contribution is 6.16. The number of hydrogen-bond donors (Lipinski definition) is 2. The van der Waals surface area contributed by atoms with Crippen molar-refractivity contribution in [3.63, 3.8) is 0 Å². The van der Waals surface area contributed by atoms with E-state index in [1.54, 1.807) is 13.8 Å². The lowest BCUT2D eigenvalue weighted by atomic mass is 10.0. The van der Waals surface area contributed by atoms with Crippen LogP contribution in [0.3, 0.4) is 0 Å². The van der Waals surface area contributed by atoms with Crippen LogP contribution in [0.15, 0.2) is 16.1 Å². The Morgan fingerprint density at radius 3 is 2.44 bits per heavy atom. The molecule has 5 heteroatoms. The van der Waals surface area contributed by atoms with Gasteiger partial charge >= 0.3 is 5.97 Å². The molecule has 88 valence electrons. The van der Waals surface area contributed by atoms with Crippen molar-refractivity contribution in [2.45, 2.75) is 39.7 Å². The summed E-state index contributed by atoms with van der Waals surface area (Å²) in [5.74, 6) is -0.809. The summed E-state index contributed by atoms with van der Waals surface area (Å²) >= 11 is 0. The third-order valence-electron chi connectivity index (χ3n) is 3.01. The van der Waals surface area contributed by atoms with Crippen LogP contribution in [0.4, 0.5) is 0 Å². The van der Waals surface area contributed by atoms with Crippen molar-refractivity contribution in [1.82, 2.24) is 5.32 Å². The Balaban J connectivity index is 3.11. The molecule has 0 aromatic heterocycles. The van der Waals surface area contributed by atoms with Gasteiger partial charge in [0.25, 0.3) is 5.91 Å². The lowest BCUT2D eigenvalue weighted by Crippen LogP contribution is -2.36. The van der Waals surface area contributed by atoms with Crippen molar-refractivity contribution in [3.05, 3.63) is 11.1 Å². The largest absolute Gasteiger partial charge is 0.478 e. The fourth-order valence-electron chi connectivity index (χ4n) is 1.32. The monoisotopic (exact) mass is 224 g/mol. The van der Waals surface area contributed by atoms with E-state index in [2.05, 4.69) is 10.3 Å². The third-order valence-corrected chi connectivity index (χ3v) is 3.01. The van der Waals surface area contributed by atoms with Gasteiger partial charge in [-0.1, -0.05) is 6.92 Å². The molecule has 1 unspecified atom stereocenters. The summed E-state index contributed by atoms with van der Waals surface area (Å²) in [5.41, 5.74) is -0.0764. The van der Waals surface area contributed by atoms with Crippen molar-refractivity contribution in [2.75, 3.05) is 0 Å². The molecule has 0 aromatic carbocycles. The van der Waals surface area contributed by atoms with E-state index in [4.69, 9.17) is 5.11 Å². The SMILES string of the molecule is CCC1(C)N=C(C(C)=C(C)C(=O)O)NC1=O. The molecular formula is C11H16N2O3. The molecule has 1 aliphatic heterocycles. The molecule has 0 aliphatic carbocycles. The minimum atomic E-state index is -1.00. The number of carbonyl (C=O) groups is 2. The van der Waals surface area contributed by atoms with Gasteiger partial charge < -0.3 is 10.4 Å². The van der Waals surface area contributed by atoms with Crippen molar-refractivity contribution < 1.29 is 14.7 Å². The number of hydrogen-bond acceptors (Lipinski definition) is 3. The van der Waals surface area contributed by atoms with Crippen molar-refractivity contribution >= 4 is 17.7 Å². The highest BCUT2D eigenvalue weighted by Gasteiger charge is 2.37. The molecule has 1 amide bonds. The lowest BCUT2D eigenvalue weighted by molar-refractivity contribution is -0.132. The van der Waals surface area contributed by atoms with Gasteiger partial charge in [0.1, 0.15) is 11.4 Å². The van der Waals surface area contributed by atoms with E-state index in [0.29, 0.717) is 17.8 Å². The number of nitrogens with zero attached hydrogens (tertiary/aromatic N) is 1. The van der Waals surface area contributed by atoms with E-state index < -0.39 is 11.5 Å². The Morgan fingerprint density at radius 1 is 1.50 bits per heavy atom. The van der Waals surface area contributed by atoms with Crippen LogP contribution in [-0.2, 0) is 9.59 Å². The molecule has 1 aliphatic rings. The smallest absolute Gasteiger partial charge is 0.331 e. The molecule has 2 N–H and O–H groups in total. The first-order chi connectivity index (χ1) is 7.31. The predicted octanol–water partition coefficient (Wildman–Crippen LogP) is 1.10. The van der Waals surface area contributed by atoms with Crippen LogP contribution in [0.25, 0.3) is 0 Å². The number of aliphatic carboxylic acids is 1. The summed E-state index contributed by atoms with van der Waals surface area (Å²) in [4.78, 5) is 26.7. The standard InChI is InChI=1S/C11H16N2O3/c1-5-11(4)10(16)12-8(13-11)6(2)7(3)9(14)15/h5H2,1-4H3,(H,14,15)(H,12,13,16). The Morgan fingerprint density at radius 2 is 2.06 bits per heavy atom. The van der Waals surface area contributed by atoms with Gasteiger partial charge in [0, 0.05) is 11.1 Å². The normalized spacial score (nSPS) is 26.0. The van der Waals surface area contributed by atoms with E-state index in [1.807, 2.05) is 6.92 Å². The number of nitrogens with one attached hydrogen (secondary N) is 1. The van der Waals surface area contributed by atoms with Crippen LogP contribution >= 0.6 is 0 Å². The summed E-state index contributed by atoms with van der Waals surface area (Å²) in [6.45, 7) is 6.74. The first kappa shape index (κ1) is 12.4. The van der Waals surface area contributed by atoms with Crippen LogP contribution in [-0.4, -0.2) is 28.4 Å². The number of rotatable bonds is 3. The zero-order chi connectivity index (χ0) is 12.5. The van der Waals surface area contributed by atoms with Crippen LogP contribution < -0.4 is 5.32 Å². The fourth-order valence-corrected chi connectivity index (χ4v) is 1.32. The first-order valence-corrected chi connectivity index (χ1v) is 5.14. The van der Waals surface area contributed by atoms with Crippen molar-refractivity contribution in [2.24, 2.45) is 4.99 Å². The van der Waals surface area contributed by atoms with Crippen LogP contribution in [0, 0.1) is 0 Å². The predicted molar refractivity (Wildman–Crippen MR) is 60.3 cm³/mol. The molecular weight excluding hydrogens is 208 g/mol. The quantitative estimate of drug-likeness (QED) is 0.705. The van der Waals surface area contributed by atoms with Gasteiger partial charge in [-0.3, -0.25) is 9.79 Å². The Hall–Kier alpha value is -1.65. The Labute approximate surface area is 94.3 Å². The zero-order valence-electron chi connectivity index (χ0n) is 9.92. The minimum absolute atomic E-state index is 0.178. The molecule has 16 heavy (non-hydrogen) atoms. The van der Waals surface area contributed by atoms with E-state index in [0.717, 1.165) is 0 Å². The van der Waals surface area contributed by atoms with Crippen LogP contribution in [0.1, 0.15) is 34.1 Å². The fraction of sp³-hybridized carbons (Fsp3) is 0.545. The molecule has 0 bridgehead atoms. The number of carbonyl (C=O) groups excluding carboxylic acids is 1. The number of amidine groups is 1. The van der Waals surface area contributed by atoms with Gasteiger partial charge in [0.2, 0.25) is 0 Å².